The predicted octanol–water partition coefficient (Wildman–Crippen LogP) is 4.67. The summed E-state index contributed by atoms with van der Waals surface area (Å²) >= 11 is 0. The lowest BCUT2D eigenvalue weighted by atomic mass is 9.92. The number of carbonyl (C=O) groups is 2. The number of carbonyl (C=O) groups excluding carboxylic acids is 1. The van der Waals surface area contributed by atoms with Crippen molar-refractivity contribution in [3.63, 3.8) is 0 Å². The third kappa shape index (κ3) is 5.38. The molecule has 0 saturated heterocycles. The SMILES string of the molecule is CCCN(CCC)C(=O)C1=Cc2ccc(C3=CC=C(C(=O)O)CC3)cc2N=C(N=NN)C1. The van der Waals surface area contributed by atoms with Gasteiger partial charge in [0.05, 0.1) is 5.69 Å². The molecule has 0 unspecified atom stereocenters. The lowest BCUT2D eigenvalue weighted by Crippen LogP contribution is -2.34. The first-order valence-electron chi connectivity index (χ1n) is 10.9. The number of fused-ring (bicyclic) bond motifs is 1. The standard InChI is InChI=1S/C24H29N5O3/c1-3-11-29(12-4-2)23(30)20-13-19-10-9-18(14-21(19)26-22(15-20)27-28-25)16-5-7-17(8-6-16)24(31)32/h5,7,9-10,13-14H,3-4,6,8,11-12,15H2,1-2H3,(H,31,32)(H2,25,26,27). The van der Waals surface area contributed by atoms with Crippen LogP contribution in [0.5, 0.6) is 0 Å². The second kappa shape index (κ2) is 10.7. The van der Waals surface area contributed by atoms with E-state index in [0.717, 1.165) is 29.5 Å². The van der Waals surface area contributed by atoms with Crippen molar-refractivity contribution in [3.8, 4) is 0 Å². The predicted molar refractivity (Wildman–Crippen MR) is 125 cm³/mol. The Hall–Kier alpha value is -3.55. The highest BCUT2D eigenvalue weighted by molar-refractivity contribution is 6.06. The molecular formula is C24H29N5O3. The summed E-state index contributed by atoms with van der Waals surface area (Å²) in [5, 5.41) is 16.5. The summed E-state index contributed by atoms with van der Waals surface area (Å²) in [4.78, 5) is 30.9. The zero-order chi connectivity index (χ0) is 23.1. The number of nitrogens with zero attached hydrogens (tertiary/aromatic N) is 4. The number of benzene rings is 1. The third-order valence-electron chi connectivity index (χ3n) is 5.48. The fourth-order valence-electron chi connectivity index (χ4n) is 3.93. The molecule has 1 aliphatic heterocycles. The molecule has 1 aromatic carbocycles. The normalized spacial score (nSPS) is 15.8. The summed E-state index contributed by atoms with van der Waals surface area (Å²) in [6, 6.07) is 5.85. The Kier molecular flexibility index (Phi) is 7.70. The van der Waals surface area contributed by atoms with Crippen molar-refractivity contribution in [3.05, 3.63) is 52.6 Å². The Morgan fingerprint density at radius 3 is 2.47 bits per heavy atom. The summed E-state index contributed by atoms with van der Waals surface area (Å²) in [5.74, 6) is 4.76. The first-order chi connectivity index (χ1) is 15.5. The van der Waals surface area contributed by atoms with Crippen LogP contribution in [0.4, 0.5) is 5.69 Å². The van der Waals surface area contributed by atoms with Crippen LogP contribution < -0.4 is 5.84 Å². The van der Waals surface area contributed by atoms with Crippen molar-refractivity contribution in [2.45, 2.75) is 46.0 Å². The van der Waals surface area contributed by atoms with E-state index in [-0.39, 0.29) is 12.3 Å². The van der Waals surface area contributed by atoms with Gasteiger partial charge in [0.15, 0.2) is 5.84 Å². The smallest absolute Gasteiger partial charge is 0.331 e. The Morgan fingerprint density at radius 1 is 1.12 bits per heavy atom. The van der Waals surface area contributed by atoms with E-state index in [9.17, 15) is 9.59 Å². The van der Waals surface area contributed by atoms with Gasteiger partial charge in [0.25, 0.3) is 0 Å². The molecule has 8 heteroatoms. The topological polar surface area (TPSA) is 121 Å². The Labute approximate surface area is 187 Å². The van der Waals surface area contributed by atoms with Crippen LogP contribution in [0, 0.1) is 0 Å². The molecule has 1 amide bonds. The van der Waals surface area contributed by atoms with Crippen LogP contribution in [0.1, 0.15) is 57.1 Å². The minimum absolute atomic E-state index is 0.0214. The van der Waals surface area contributed by atoms with Crippen LogP contribution in [0.3, 0.4) is 0 Å². The summed E-state index contributed by atoms with van der Waals surface area (Å²) in [6.45, 7) is 5.50. The largest absolute Gasteiger partial charge is 0.478 e. The van der Waals surface area contributed by atoms with E-state index in [1.165, 1.54) is 0 Å². The van der Waals surface area contributed by atoms with Gasteiger partial charge in [-0.05, 0) is 49.0 Å². The number of rotatable bonds is 7. The monoisotopic (exact) mass is 435 g/mol. The van der Waals surface area contributed by atoms with Gasteiger partial charge in [0.1, 0.15) is 0 Å². The first-order valence-corrected chi connectivity index (χ1v) is 10.9. The molecule has 0 radical (unpaired) electrons. The van der Waals surface area contributed by atoms with Gasteiger partial charge in [-0.25, -0.2) is 9.79 Å². The number of carboxylic acid groups (broad SMARTS) is 1. The Balaban J connectivity index is 1.99. The van der Waals surface area contributed by atoms with E-state index in [2.05, 4.69) is 29.2 Å². The van der Waals surface area contributed by atoms with E-state index in [4.69, 9.17) is 10.9 Å². The zero-order valence-electron chi connectivity index (χ0n) is 18.5. The molecule has 0 spiro atoms. The van der Waals surface area contributed by atoms with Gasteiger partial charge in [0.2, 0.25) is 5.91 Å². The summed E-state index contributed by atoms with van der Waals surface area (Å²) in [6.07, 6.45) is 8.51. The molecule has 8 nitrogen and oxygen atoms in total. The summed E-state index contributed by atoms with van der Waals surface area (Å²) < 4.78 is 0. The fraction of sp³-hybridized carbons (Fsp3) is 0.375. The Bertz CT molecular complexity index is 1040. The molecule has 3 rings (SSSR count). The maximum atomic E-state index is 13.2. The lowest BCUT2D eigenvalue weighted by Gasteiger charge is -2.22. The van der Waals surface area contributed by atoms with Gasteiger partial charge in [0, 0.05) is 36.2 Å². The molecule has 0 atom stereocenters. The second-order valence-electron chi connectivity index (χ2n) is 7.84. The number of aliphatic carboxylic acids is 1. The molecule has 1 heterocycles. The number of hydrogen-bond donors (Lipinski definition) is 2. The summed E-state index contributed by atoms with van der Waals surface area (Å²) in [5.41, 5.74) is 4.51. The van der Waals surface area contributed by atoms with E-state index >= 15 is 0 Å². The number of amidine groups is 1. The number of hydrogen-bond acceptors (Lipinski definition) is 5. The van der Waals surface area contributed by atoms with Crippen LogP contribution in [-0.4, -0.2) is 40.8 Å². The molecule has 0 saturated carbocycles. The Morgan fingerprint density at radius 2 is 1.88 bits per heavy atom. The van der Waals surface area contributed by atoms with Crippen LogP contribution in [0.15, 0.2) is 56.8 Å². The van der Waals surface area contributed by atoms with E-state index in [1.54, 1.807) is 6.08 Å². The van der Waals surface area contributed by atoms with Crippen molar-refractivity contribution in [1.82, 2.24) is 4.90 Å². The van der Waals surface area contributed by atoms with Crippen LogP contribution in [0.25, 0.3) is 11.6 Å². The maximum Gasteiger partial charge on any atom is 0.331 e. The average molecular weight is 436 g/mol. The van der Waals surface area contributed by atoms with Crippen molar-refractivity contribution in [2.75, 3.05) is 13.1 Å². The summed E-state index contributed by atoms with van der Waals surface area (Å²) in [7, 11) is 0. The van der Waals surface area contributed by atoms with E-state index < -0.39 is 5.97 Å². The molecule has 3 N–H and O–H groups in total. The van der Waals surface area contributed by atoms with Gasteiger partial charge >= 0.3 is 5.97 Å². The van der Waals surface area contributed by atoms with Gasteiger partial charge < -0.3 is 15.8 Å². The molecular weight excluding hydrogens is 406 g/mol. The highest BCUT2D eigenvalue weighted by atomic mass is 16.4. The van der Waals surface area contributed by atoms with Crippen molar-refractivity contribution < 1.29 is 14.7 Å². The average Bonchev–Trinajstić information content (AvgIpc) is 2.97. The molecule has 168 valence electrons. The van der Waals surface area contributed by atoms with Crippen LogP contribution in [0.2, 0.25) is 0 Å². The number of nitrogens with two attached hydrogens (primary N) is 1. The zero-order valence-corrected chi connectivity index (χ0v) is 18.5. The fourth-order valence-corrected chi connectivity index (χ4v) is 3.93. The maximum absolute atomic E-state index is 13.2. The number of allylic oxidation sites excluding steroid dienone is 3. The molecule has 0 bridgehead atoms. The third-order valence-corrected chi connectivity index (χ3v) is 5.48. The molecule has 2 aliphatic rings. The minimum atomic E-state index is -0.883. The molecule has 1 aliphatic carbocycles. The molecule has 0 fully saturated rings. The van der Waals surface area contributed by atoms with Gasteiger partial charge in [-0.2, -0.15) is 0 Å². The van der Waals surface area contributed by atoms with Gasteiger partial charge in [-0.15, -0.1) is 5.11 Å². The molecule has 1 aromatic rings. The first kappa shape index (κ1) is 23.1. The highest BCUT2D eigenvalue weighted by Crippen LogP contribution is 2.34. The minimum Gasteiger partial charge on any atom is -0.478 e. The number of aliphatic imine (C=N–C) groups is 1. The van der Waals surface area contributed by atoms with Crippen molar-refractivity contribution in [2.24, 2.45) is 21.2 Å². The van der Waals surface area contributed by atoms with Crippen molar-refractivity contribution in [1.29, 1.82) is 0 Å². The van der Waals surface area contributed by atoms with Gasteiger partial charge in [-0.3, -0.25) is 4.79 Å². The van der Waals surface area contributed by atoms with E-state index in [1.807, 2.05) is 35.3 Å². The van der Waals surface area contributed by atoms with Crippen LogP contribution in [-0.2, 0) is 9.59 Å². The van der Waals surface area contributed by atoms with Crippen LogP contribution >= 0.6 is 0 Å². The highest BCUT2D eigenvalue weighted by Gasteiger charge is 2.22. The van der Waals surface area contributed by atoms with Crippen molar-refractivity contribution >= 4 is 35.0 Å². The molecule has 0 aromatic heterocycles. The number of carboxylic acids is 1. The lowest BCUT2D eigenvalue weighted by molar-refractivity contribution is -0.132. The second-order valence-corrected chi connectivity index (χ2v) is 7.84. The number of amides is 1. The van der Waals surface area contributed by atoms with Gasteiger partial charge in [-0.1, -0.05) is 43.4 Å². The van der Waals surface area contributed by atoms with E-state index in [0.29, 0.717) is 48.6 Å². The molecule has 32 heavy (non-hydrogen) atoms. The quantitative estimate of drug-likeness (QED) is 0.367.